The molecule has 0 fully saturated rings. The Morgan fingerprint density at radius 2 is 2.23 bits per heavy atom. The van der Waals surface area contributed by atoms with Crippen LogP contribution in [0.3, 0.4) is 0 Å². The zero-order chi connectivity index (χ0) is 9.42. The summed E-state index contributed by atoms with van der Waals surface area (Å²) in [4.78, 5) is 5.34. The van der Waals surface area contributed by atoms with Crippen LogP contribution in [0.15, 0.2) is 23.5 Å². The van der Waals surface area contributed by atoms with Crippen LogP contribution in [0.5, 0.6) is 0 Å². The smallest absolute Gasteiger partial charge is 0.112 e. The molecule has 70 valence electrons. The van der Waals surface area contributed by atoms with Gasteiger partial charge < -0.3 is 0 Å². The SMILES string of the molecule is Cn1cc2c([SH](C)S)cncc2n1. The molecule has 0 aliphatic carbocycles. The van der Waals surface area contributed by atoms with Crippen molar-refractivity contribution in [2.75, 3.05) is 6.26 Å². The van der Waals surface area contributed by atoms with Gasteiger partial charge in [0.25, 0.3) is 0 Å². The molecule has 1 atom stereocenters. The maximum Gasteiger partial charge on any atom is 0.112 e. The summed E-state index contributed by atoms with van der Waals surface area (Å²) < 4.78 is 1.81. The van der Waals surface area contributed by atoms with E-state index in [1.807, 2.05) is 24.1 Å². The fourth-order valence-corrected chi connectivity index (χ4v) is 2.54. The van der Waals surface area contributed by atoms with Crippen molar-refractivity contribution in [2.45, 2.75) is 4.90 Å². The molecule has 2 aromatic heterocycles. The van der Waals surface area contributed by atoms with E-state index in [1.54, 1.807) is 6.20 Å². The first-order valence-electron chi connectivity index (χ1n) is 3.88. The second-order valence-corrected chi connectivity index (χ2v) is 6.25. The molecule has 0 saturated heterocycles. The molecule has 0 saturated carbocycles. The first kappa shape index (κ1) is 8.90. The summed E-state index contributed by atoms with van der Waals surface area (Å²) in [5, 5.41) is 5.45. The first-order chi connectivity index (χ1) is 6.18. The van der Waals surface area contributed by atoms with E-state index >= 15 is 0 Å². The van der Waals surface area contributed by atoms with E-state index in [0.717, 1.165) is 5.52 Å². The van der Waals surface area contributed by atoms with Crippen molar-refractivity contribution >= 4 is 32.5 Å². The lowest BCUT2D eigenvalue weighted by atomic mass is 10.3. The fourth-order valence-electron chi connectivity index (χ4n) is 1.30. The van der Waals surface area contributed by atoms with E-state index in [4.69, 9.17) is 0 Å². The third-order valence-electron chi connectivity index (χ3n) is 1.88. The fraction of sp³-hybridized carbons (Fsp3) is 0.250. The Balaban J connectivity index is 2.75. The molecule has 0 amide bonds. The molecule has 0 N–H and O–H groups in total. The van der Waals surface area contributed by atoms with E-state index in [9.17, 15) is 0 Å². The monoisotopic (exact) mass is 213 g/mol. The minimum atomic E-state index is -0.403. The predicted molar refractivity (Wildman–Crippen MR) is 60.7 cm³/mol. The minimum Gasteiger partial charge on any atom is -0.274 e. The topological polar surface area (TPSA) is 30.7 Å². The molecule has 13 heavy (non-hydrogen) atoms. The van der Waals surface area contributed by atoms with Crippen molar-refractivity contribution in [1.29, 1.82) is 0 Å². The molecule has 0 aliphatic heterocycles. The van der Waals surface area contributed by atoms with Gasteiger partial charge >= 0.3 is 0 Å². The average molecular weight is 213 g/mol. The van der Waals surface area contributed by atoms with Gasteiger partial charge in [0.2, 0.25) is 0 Å². The number of aryl methyl sites for hydroxylation is 1. The van der Waals surface area contributed by atoms with Gasteiger partial charge in [-0.3, -0.25) is 9.67 Å². The van der Waals surface area contributed by atoms with E-state index in [0.29, 0.717) is 0 Å². The number of aromatic nitrogens is 3. The highest BCUT2D eigenvalue weighted by atomic mass is 33.1. The Labute approximate surface area is 84.3 Å². The highest BCUT2D eigenvalue weighted by Crippen LogP contribution is 2.39. The lowest BCUT2D eigenvalue weighted by molar-refractivity contribution is 0.779. The van der Waals surface area contributed by atoms with Gasteiger partial charge in [0, 0.05) is 29.7 Å². The zero-order valence-electron chi connectivity index (χ0n) is 7.47. The maximum absolute atomic E-state index is 4.46. The zero-order valence-corrected chi connectivity index (χ0v) is 9.26. The molecule has 0 spiro atoms. The number of thiol groups is 2. The van der Waals surface area contributed by atoms with Crippen molar-refractivity contribution in [1.82, 2.24) is 14.8 Å². The quantitative estimate of drug-likeness (QED) is 0.559. The second kappa shape index (κ2) is 3.23. The number of nitrogens with zero attached hydrogens (tertiary/aromatic N) is 3. The van der Waals surface area contributed by atoms with Gasteiger partial charge in [-0.15, -0.1) is 11.7 Å². The summed E-state index contributed by atoms with van der Waals surface area (Å²) in [5.74, 6) is 0. The molecular weight excluding hydrogens is 202 g/mol. The molecule has 0 radical (unpaired) electrons. The Kier molecular flexibility index (Phi) is 2.21. The van der Waals surface area contributed by atoms with Crippen molar-refractivity contribution in [2.24, 2.45) is 7.05 Å². The van der Waals surface area contributed by atoms with Crippen molar-refractivity contribution in [3.63, 3.8) is 0 Å². The Bertz CT molecular complexity index is 436. The van der Waals surface area contributed by atoms with Gasteiger partial charge in [-0.05, 0) is 6.26 Å². The number of hydrogen-bond acceptors (Lipinski definition) is 3. The van der Waals surface area contributed by atoms with E-state index in [-0.39, 0.29) is 0 Å². The number of fused-ring (bicyclic) bond motifs is 1. The highest BCUT2D eigenvalue weighted by molar-refractivity contribution is 8.77. The molecular formula is C8H11N3S2. The molecule has 3 nitrogen and oxygen atoms in total. The number of pyridine rings is 1. The largest absolute Gasteiger partial charge is 0.274 e. The molecule has 2 heterocycles. The number of rotatable bonds is 1. The third kappa shape index (κ3) is 1.53. The Morgan fingerprint density at radius 3 is 2.92 bits per heavy atom. The average Bonchev–Trinajstić information content (AvgIpc) is 2.43. The molecule has 0 bridgehead atoms. The van der Waals surface area contributed by atoms with Gasteiger partial charge in [-0.25, -0.2) is 0 Å². The van der Waals surface area contributed by atoms with Crippen LogP contribution in [0.4, 0.5) is 0 Å². The van der Waals surface area contributed by atoms with Gasteiger partial charge in [0.15, 0.2) is 0 Å². The number of hydrogen-bond donors (Lipinski definition) is 2. The molecule has 1 unspecified atom stereocenters. The Morgan fingerprint density at radius 1 is 1.46 bits per heavy atom. The van der Waals surface area contributed by atoms with Crippen molar-refractivity contribution in [3.05, 3.63) is 18.6 Å². The standard InChI is InChI=1S/C8H11N3S2/c1-11-5-6-7(10-11)3-9-4-8(6)13(2)12/h3-5,12-13H,1-2H3. The second-order valence-electron chi connectivity index (χ2n) is 2.92. The van der Waals surface area contributed by atoms with Crippen LogP contribution in [0, 0.1) is 0 Å². The van der Waals surface area contributed by atoms with Crippen LogP contribution in [-0.4, -0.2) is 21.0 Å². The van der Waals surface area contributed by atoms with Crippen LogP contribution in [-0.2, 0) is 7.05 Å². The molecule has 2 rings (SSSR count). The van der Waals surface area contributed by atoms with Crippen LogP contribution < -0.4 is 0 Å². The normalized spacial score (nSPS) is 14.8. The maximum atomic E-state index is 4.46. The summed E-state index contributed by atoms with van der Waals surface area (Å²) in [6.07, 6.45) is 7.78. The van der Waals surface area contributed by atoms with Crippen LogP contribution in [0.25, 0.3) is 10.9 Å². The summed E-state index contributed by atoms with van der Waals surface area (Å²) in [6, 6.07) is 0. The lowest BCUT2D eigenvalue weighted by Gasteiger charge is -2.07. The summed E-state index contributed by atoms with van der Waals surface area (Å²) in [6.45, 7) is 0. The van der Waals surface area contributed by atoms with Gasteiger partial charge in [-0.1, -0.05) is 0 Å². The molecule has 5 heteroatoms. The van der Waals surface area contributed by atoms with Crippen LogP contribution in [0.2, 0.25) is 0 Å². The minimum absolute atomic E-state index is 0.403. The summed E-state index contributed by atoms with van der Waals surface area (Å²) in [7, 11) is 1.51. The van der Waals surface area contributed by atoms with E-state index in [2.05, 4.69) is 28.0 Å². The third-order valence-corrected chi connectivity index (χ3v) is 3.58. The molecule has 0 aliphatic rings. The summed E-state index contributed by atoms with van der Waals surface area (Å²) in [5.41, 5.74) is 0.948. The Hall–Kier alpha value is -0.680. The van der Waals surface area contributed by atoms with Gasteiger partial charge in [0.1, 0.15) is 5.52 Å². The molecule has 0 aromatic carbocycles. The highest BCUT2D eigenvalue weighted by Gasteiger charge is 2.06. The summed E-state index contributed by atoms with van der Waals surface area (Å²) >= 11 is 4.46. The first-order valence-corrected chi connectivity index (χ1v) is 6.82. The van der Waals surface area contributed by atoms with Crippen molar-refractivity contribution in [3.8, 4) is 0 Å². The lowest BCUT2D eigenvalue weighted by Crippen LogP contribution is -1.84. The predicted octanol–water partition coefficient (Wildman–Crippen LogP) is 1.80. The van der Waals surface area contributed by atoms with E-state index in [1.165, 1.54) is 10.3 Å². The van der Waals surface area contributed by atoms with Gasteiger partial charge in [-0.2, -0.15) is 15.0 Å². The molecule has 2 aromatic rings. The van der Waals surface area contributed by atoms with Crippen molar-refractivity contribution < 1.29 is 0 Å². The van der Waals surface area contributed by atoms with Crippen LogP contribution >= 0.6 is 21.6 Å². The van der Waals surface area contributed by atoms with E-state index < -0.39 is 9.93 Å². The van der Waals surface area contributed by atoms with Gasteiger partial charge in [0.05, 0.1) is 6.20 Å². The van der Waals surface area contributed by atoms with Crippen LogP contribution in [0.1, 0.15) is 0 Å².